The first-order chi connectivity index (χ1) is 7.69. The fourth-order valence-corrected chi connectivity index (χ4v) is 3.23. The lowest BCUT2D eigenvalue weighted by molar-refractivity contribution is -0.168. The van der Waals surface area contributed by atoms with Gasteiger partial charge < -0.3 is 4.74 Å². The Balaban J connectivity index is 1.88. The molecule has 4 nitrogen and oxygen atoms in total. The first kappa shape index (κ1) is 11.9. The predicted molar refractivity (Wildman–Crippen MR) is 62.2 cm³/mol. The van der Waals surface area contributed by atoms with Crippen LogP contribution >= 0.6 is 11.8 Å². The monoisotopic (exact) mass is 243 g/mol. The van der Waals surface area contributed by atoms with Crippen molar-refractivity contribution in [2.24, 2.45) is 0 Å². The summed E-state index contributed by atoms with van der Waals surface area (Å²) >= 11 is 1.92. The average Bonchev–Trinajstić information content (AvgIpc) is 2.28. The number of cyclic esters (lactones) is 2. The molecule has 1 saturated heterocycles. The van der Waals surface area contributed by atoms with Crippen LogP contribution in [0.4, 0.5) is 0 Å². The van der Waals surface area contributed by atoms with Crippen LogP contribution in [0, 0.1) is 0 Å². The maximum Gasteiger partial charge on any atom is 0.327 e. The summed E-state index contributed by atoms with van der Waals surface area (Å²) in [5, 5.41) is 0.753. The van der Waals surface area contributed by atoms with Crippen LogP contribution in [0.3, 0.4) is 0 Å². The Hall–Kier alpha value is -0.550. The van der Waals surface area contributed by atoms with Gasteiger partial charge in [-0.05, 0) is 31.9 Å². The topological polar surface area (TPSA) is 46.6 Å². The molecule has 1 aliphatic carbocycles. The van der Waals surface area contributed by atoms with E-state index in [0.29, 0.717) is 6.04 Å². The molecule has 2 aliphatic rings. The molecular formula is C11H17NO3S. The van der Waals surface area contributed by atoms with Crippen molar-refractivity contribution in [1.82, 2.24) is 4.90 Å². The van der Waals surface area contributed by atoms with E-state index in [1.165, 1.54) is 12.8 Å². The molecule has 1 heterocycles. The van der Waals surface area contributed by atoms with Gasteiger partial charge >= 0.3 is 11.9 Å². The van der Waals surface area contributed by atoms with Crippen LogP contribution in [0.25, 0.3) is 0 Å². The van der Waals surface area contributed by atoms with Crippen molar-refractivity contribution >= 4 is 23.7 Å². The minimum atomic E-state index is -0.400. The minimum absolute atomic E-state index is 0.278. The van der Waals surface area contributed by atoms with Crippen molar-refractivity contribution in [2.45, 2.75) is 37.0 Å². The fourth-order valence-electron chi connectivity index (χ4n) is 2.48. The molecule has 5 heteroatoms. The number of esters is 2. The summed E-state index contributed by atoms with van der Waals surface area (Å²) in [6.07, 6.45) is 6.70. The lowest BCUT2D eigenvalue weighted by Gasteiger charge is -2.36. The van der Waals surface area contributed by atoms with Gasteiger partial charge in [0.15, 0.2) is 0 Å². The summed E-state index contributed by atoms with van der Waals surface area (Å²) in [4.78, 5) is 24.3. The van der Waals surface area contributed by atoms with Gasteiger partial charge in [0.05, 0.1) is 13.1 Å². The number of thioether (sulfide) groups is 1. The second-order valence-electron chi connectivity index (χ2n) is 4.42. The number of carbonyl (C=O) groups excluding carboxylic acids is 2. The van der Waals surface area contributed by atoms with Crippen LogP contribution in [0.2, 0.25) is 0 Å². The van der Waals surface area contributed by atoms with Gasteiger partial charge in [-0.2, -0.15) is 11.8 Å². The Labute approximate surface area is 99.7 Å². The maximum atomic E-state index is 11.2. The molecule has 16 heavy (non-hydrogen) atoms. The molecule has 90 valence electrons. The van der Waals surface area contributed by atoms with Gasteiger partial charge in [0.2, 0.25) is 0 Å². The highest BCUT2D eigenvalue weighted by Gasteiger charge is 2.32. The third kappa shape index (κ3) is 2.77. The van der Waals surface area contributed by atoms with Gasteiger partial charge in [0.1, 0.15) is 0 Å². The molecule has 0 unspecified atom stereocenters. The molecule has 2 rings (SSSR count). The second kappa shape index (κ2) is 5.19. The van der Waals surface area contributed by atoms with Crippen molar-refractivity contribution in [3.05, 3.63) is 0 Å². The van der Waals surface area contributed by atoms with E-state index in [9.17, 15) is 9.59 Å². The first-order valence-electron chi connectivity index (χ1n) is 5.69. The number of ether oxygens (including phenoxy) is 1. The van der Waals surface area contributed by atoms with Crippen LogP contribution in [-0.2, 0) is 14.3 Å². The SMILES string of the molecule is CSC1CCC(N2CC(=O)OC(=O)C2)CC1. The van der Waals surface area contributed by atoms with Crippen molar-refractivity contribution < 1.29 is 14.3 Å². The van der Waals surface area contributed by atoms with Crippen molar-refractivity contribution in [1.29, 1.82) is 0 Å². The van der Waals surface area contributed by atoms with Gasteiger partial charge in [-0.3, -0.25) is 14.5 Å². The second-order valence-corrected chi connectivity index (χ2v) is 5.56. The summed E-state index contributed by atoms with van der Waals surface area (Å²) in [6, 6.07) is 0.389. The fraction of sp³-hybridized carbons (Fsp3) is 0.818. The molecule has 0 aromatic heterocycles. The predicted octanol–water partition coefficient (Wildman–Crippen LogP) is 1.05. The van der Waals surface area contributed by atoms with E-state index in [1.54, 1.807) is 0 Å². The van der Waals surface area contributed by atoms with Crippen LogP contribution in [-0.4, -0.2) is 47.5 Å². The van der Waals surface area contributed by atoms with E-state index in [-0.39, 0.29) is 13.1 Å². The highest BCUT2D eigenvalue weighted by atomic mass is 32.2. The summed E-state index contributed by atoms with van der Waals surface area (Å²) in [5.41, 5.74) is 0. The number of nitrogens with zero attached hydrogens (tertiary/aromatic N) is 1. The summed E-state index contributed by atoms with van der Waals surface area (Å²) in [6.45, 7) is 0.556. The number of morpholine rings is 1. The largest absolute Gasteiger partial charge is 0.391 e. The molecule has 0 aromatic rings. The number of hydrogen-bond donors (Lipinski definition) is 0. The normalized spacial score (nSPS) is 32.6. The zero-order chi connectivity index (χ0) is 11.5. The van der Waals surface area contributed by atoms with Crippen molar-refractivity contribution in [3.8, 4) is 0 Å². The molecule has 1 saturated carbocycles. The van der Waals surface area contributed by atoms with Gasteiger partial charge in [-0.1, -0.05) is 0 Å². The van der Waals surface area contributed by atoms with Gasteiger partial charge in [0.25, 0.3) is 0 Å². The molecule has 0 bridgehead atoms. The number of carbonyl (C=O) groups is 2. The molecule has 1 aliphatic heterocycles. The Morgan fingerprint density at radius 2 is 1.69 bits per heavy atom. The molecule has 0 amide bonds. The first-order valence-corrected chi connectivity index (χ1v) is 6.98. The smallest absolute Gasteiger partial charge is 0.327 e. The number of hydrogen-bond acceptors (Lipinski definition) is 5. The molecule has 0 aromatic carbocycles. The van der Waals surface area contributed by atoms with Crippen molar-refractivity contribution in [2.75, 3.05) is 19.3 Å². The summed E-state index contributed by atoms with van der Waals surface area (Å²) in [7, 11) is 0. The van der Waals surface area contributed by atoms with Crippen LogP contribution in [0.5, 0.6) is 0 Å². The third-order valence-corrected chi connectivity index (χ3v) is 4.52. The summed E-state index contributed by atoms with van der Waals surface area (Å²) < 4.78 is 4.53. The average molecular weight is 243 g/mol. The van der Waals surface area contributed by atoms with Gasteiger partial charge in [0, 0.05) is 11.3 Å². The van der Waals surface area contributed by atoms with E-state index in [4.69, 9.17) is 0 Å². The Morgan fingerprint density at radius 3 is 2.19 bits per heavy atom. The standard InChI is InChI=1S/C11H17NO3S/c1-16-9-4-2-8(3-5-9)12-6-10(13)15-11(14)7-12/h8-9H,2-7H2,1H3. The van der Waals surface area contributed by atoms with Crippen molar-refractivity contribution in [3.63, 3.8) is 0 Å². The minimum Gasteiger partial charge on any atom is -0.391 e. The van der Waals surface area contributed by atoms with E-state index < -0.39 is 11.9 Å². The van der Waals surface area contributed by atoms with Gasteiger partial charge in [-0.15, -0.1) is 0 Å². The molecular weight excluding hydrogens is 226 g/mol. The lowest BCUT2D eigenvalue weighted by Crippen LogP contribution is -2.49. The van der Waals surface area contributed by atoms with Crippen LogP contribution < -0.4 is 0 Å². The zero-order valence-corrected chi connectivity index (χ0v) is 10.3. The Bertz CT molecular complexity index is 271. The van der Waals surface area contributed by atoms with E-state index in [0.717, 1.165) is 18.1 Å². The molecule has 0 N–H and O–H groups in total. The molecule has 0 radical (unpaired) electrons. The van der Waals surface area contributed by atoms with E-state index in [2.05, 4.69) is 11.0 Å². The lowest BCUT2D eigenvalue weighted by atomic mass is 9.93. The molecule has 0 spiro atoms. The quantitative estimate of drug-likeness (QED) is 0.536. The van der Waals surface area contributed by atoms with E-state index >= 15 is 0 Å². The van der Waals surface area contributed by atoms with Gasteiger partial charge in [-0.25, -0.2) is 0 Å². The molecule has 2 fully saturated rings. The van der Waals surface area contributed by atoms with E-state index in [1.807, 2.05) is 16.7 Å². The molecule has 0 atom stereocenters. The maximum absolute atomic E-state index is 11.2. The zero-order valence-electron chi connectivity index (χ0n) is 9.48. The number of rotatable bonds is 2. The summed E-state index contributed by atoms with van der Waals surface area (Å²) in [5.74, 6) is -0.800. The Morgan fingerprint density at radius 1 is 1.12 bits per heavy atom. The van der Waals surface area contributed by atoms with Crippen LogP contribution in [0.15, 0.2) is 0 Å². The van der Waals surface area contributed by atoms with Crippen LogP contribution in [0.1, 0.15) is 25.7 Å². The third-order valence-electron chi connectivity index (χ3n) is 3.39. The highest BCUT2D eigenvalue weighted by Crippen LogP contribution is 2.29. The highest BCUT2D eigenvalue weighted by molar-refractivity contribution is 7.99. The Kier molecular flexibility index (Phi) is 3.86.